The number of carbonyl (C=O) groups excluding carboxylic acids is 2. The molecule has 0 atom stereocenters. The number of alkyl halides is 3. The number of anilines is 1. The first kappa shape index (κ1) is 14.6. The van der Waals surface area contributed by atoms with Crippen LogP contribution in [0.25, 0.3) is 0 Å². The van der Waals surface area contributed by atoms with Crippen LogP contribution >= 0.6 is 0 Å². The van der Waals surface area contributed by atoms with Crippen molar-refractivity contribution in [2.45, 2.75) is 6.18 Å². The molecule has 21 heavy (non-hydrogen) atoms. The normalized spacial score (nSPS) is 11.2. The number of halogens is 3. The number of oxazole rings is 1. The zero-order chi connectivity index (χ0) is 15.5. The number of carbonyl (C=O) groups is 2. The van der Waals surface area contributed by atoms with Crippen LogP contribution < -0.4 is 10.6 Å². The topological polar surface area (TPSA) is 97.4 Å². The lowest BCUT2D eigenvalue weighted by atomic mass is 10.4. The summed E-state index contributed by atoms with van der Waals surface area (Å²) < 4.78 is 45.4. The fourth-order valence-electron chi connectivity index (χ4n) is 1.27. The maximum absolute atomic E-state index is 11.9. The molecule has 0 spiro atoms. The minimum Gasteiger partial charge on any atom is -0.459 e. The highest BCUT2D eigenvalue weighted by Gasteiger charge is 2.28. The quantitative estimate of drug-likeness (QED) is 0.897. The zero-order valence-corrected chi connectivity index (χ0v) is 10.2. The molecule has 0 aliphatic carbocycles. The number of rotatable bonds is 4. The van der Waals surface area contributed by atoms with Gasteiger partial charge in [0.25, 0.3) is 11.8 Å². The van der Waals surface area contributed by atoms with Crippen molar-refractivity contribution in [3.8, 4) is 0 Å². The standard InChI is InChI=1S/C11H8F3N3O4/c12-11(13,14)5-15-8(18)6-4-21-10(16-6)17-9(19)7-2-1-3-20-7/h1-4H,5H2,(H,15,18)(H,16,17,19). The maximum Gasteiger partial charge on any atom is 0.405 e. The summed E-state index contributed by atoms with van der Waals surface area (Å²) in [5.74, 6) is -1.77. The molecule has 0 radical (unpaired) electrons. The Bertz CT molecular complexity index is 633. The molecule has 0 fully saturated rings. The smallest absolute Gasteiger partial charge is 0.405 e. The number of nitrogens with zero attached hydrogens (tertiary/aromatic N) is 1. The molecular formula is C11H8F3N3O4. The van der Waals surface area contributed by atoms with Gasteiger partial charge < -0.3 is 14.2 Å². The molecule has 7 nitrogen and oxygen atoms in total. The highest BCUT2D eigenvalue weighted by atomic mass is 19.4. The van der Waals surface area contributed by atoms with E-state index in [4.69, 9.17) is 8.83 Å². The largest absolute Gasteiger partial charge is 0.459 e. The predicted octanol–water partition coefficient (Wildman–Crippen LogP) is 1.81. The third kappa shape index (κ3) is 4.09. The van der Waals surface area contributed by atoms with Crippen LogP contribution in [0.3, 0.4) is 0 Å². The van der Waals surface area contributed by atoms with E-state index in [0.717, 1.165) is 6.26 Å². The second-order valence-electron chi connectivity index (χ2n) is 3.77. The van der Waals surface area contributed by atoms with Gasteiger partial charge in [0.2, 0.25) is 0 Å². The lowest BCUT2D eigenvalue weighted by molar-refractivity contribution is -0.123. The maximum atomic E-state index is 11.9. The van der Waals surface area contributed by atoms with E-state index < -0.39 is 30.2 Å². The molecule has 2 rings (SSSR count). The first-order valence-corrected chi connectivity index (χ1v) is 5.50. The van der Waals surface area contributed by atoms with Gasteiger partial charge in [0.1, 0.15) is 12.8 Å². The lowest BCUT2D eigenvalue weighted by Crippen LogP contribution is -2.33. The Hall–Kier alpha value is -2.78. The first-order valence-electron chi connectivity index (χ1n) is 5.50. The highest BCUT2D eigenvalue weighted by molar-refractivity contribution is 6.01. The van der Waals surface area contributed by atoms with E-state index >= 15 is 0 Å². The Kier molecular flexibility index (Phi) is 3.96. The van der Waals surface area contributed by atoms with Crippen LogP contribution in [0.4, 0.5) is 19.2 Å². The Labute approximate surface area is 115 Å². The zero-order valence-electron chi connectivity index (χ0n) is 10.2. The Morgan fingerprint density at radius 1 is 1.24 bits per heavy atom. The lowest BCUT2D eigenvalue weighted by Gasteiger charge is -2.06. The molecule has 2 aromatic heterocycles. The molecule has 2 N–H and O–H groups in total. The van der Waals surface area contributed by atoms with Gasteiger partial charge in [-0.15, -0.1) is 0 Å². The minimum absolute atomic E-state index is 0.0173. The molecule has 0 aliphatic rings. The van der Waals surface area contributed by atoms with Gasteiger partial charge in [-0.1, -0.05) is 0 Å². The summed E-state index contributed by atoms with van der Waals surface area (Å²) in [7, 11) is 0. The van der Waals surface area contributed by atoms with Crippen LogP contribution in [0.1, 0.15) is 21.0 Å². The number of hydrogen-bond donors (Lipinski definition) is 2. The summed E-state index contributed by atoms with van der Waals surface area (Å²) in [4.78, 5) is 26.5. The third-order valence-corrected chi connectivity index (χ3v) is 2.15. The SMILES string of the molecule is O=C(NCC(F)(F)F)c1coc(NC(=O)c2ccco2)n1. The molecule has 10 heteroatoms. The Morgan fingerprint density at radius 2 is 2.00 bits per heavy atom. The fraction of sp³-hybridized carbons (Fsp3) is 0.182. The van der Waals surface area contributed by atoms with E-state index in [1.165, 1.54) is 18.4 Å². The minimum atomic E-state index is -4.53. The van der Waals surface area contributed by atoms with Crippen LogP contribution in [0.5, 0.6) is 0 Å². The number of aromatic nitrogens is 1. The van der Waals surface area contributed by atoms with Crippen molar-refractivity contribution in [1.29, 1.82) is 0 Å². The molecule has 0 saturated carbocycles. The third-order valence-electron chi connectivity index (χ3n) is 2.15. The molecule has 2 amide bonds. The van der Waals surface area contributed by atoms with E-state index in [0.29, 0.717) is 0 Å². The van der Waals surface area contributed by atoms with Crippen LogP contribution in [-0.4, -0.2) is 29.5 Å². The number of furan rings is 1. The van der Waals surface area contributed by atoms with Crippen molar-refractivity contribution in [1.82, 2.24) is 10.3 Å². The molecule has 0 unspecified atom stereocenters. The summed E-state index contributed by atoms with van der Waals surface area (Å²) in [6, 6.07) is 2.53. The van der Waals surface area contributed by atoms with Crippen molar-refractivity contribution in [3.05, 3.63) is 36.1 Å². The van der Waals surface area contributed by atoms with E-state index in [9.17, 15) is 22.8 Å². The van der Waals surface area contributed by atoms with Crippen molar-refractivity contribution in [3.63, 3.8) is 0 Å². The van der Waals surface area contributed by atoms with Crippen molar-refractivity contribution in [2.24, 2.45) is 0 Å². The van der Waals surface area contributed by atoms with Gasteiger partial charge in [-0.05, 0) is 12.1 Å². The summed E-state index contributed by atoms with van der Waals surface area (Å²) in [5.41, 5.74) is -0.394. The Morgan fingerprint density at radius 3 is 2.62 bits per heavy atom. The van der Waals surface area contributed by atoms with E-state index in [2.05, 4.69) is 10.3 Å². The summed E-state index contributed by atoms with van der Waals surface area (Å²) in [6.45, 7) is -1.49. The van der Waals surface area contributed by atoms with Gasteiger partial charge in [-0.3, -0.25) is 14.9 Å². The number of hydrogen-bond acceptors (Lipinski definition) is 5. The number of nitrogens with one attached hydrogen (secondary N) is 2. The van der Waals surface area contributed by atoms with Crippen molar-refractivity contribution in [2.75, 3.05) is 11.9 Å². The summed E-state index contributed by atoms with van der Waals surface area (Å²) >= 11 is 0. The van der Waals surface area contributed by atoms with Gasteiger partial charge in [0.15, 0.2) is 11.5 Å². The highest BCUT2D eigenvalue weighted by Crippen LogP contribution is 2.13. The van der Waals surface area contributed by atoms with Crippen molar-refractivity contribution < 1.29 is 31.6 Å². The molecule has 0 bridgehead atoms. The molecular weight excluding hydrogens is 295 g/mol. The van der Waals surface area contributed by atoms with E-state index in [1.807, 2.05) is 0 Å². The van der Waals surface area contributed by atoms with Crippen LogP contribution in [0.2, 0.25) is 0 Å². The van der Waals surface area contributed by atoms with Crippen LogP contribution in [0.15, 0.2) is 33.5 Å². The molecule has 2 aromatic rings. The molecule has 0 aromatic carbocycles. The number of amides is 2. The molecule has 112 valence electrons. The van der Waals surface area contributed by atoms with Gasteiger partial charge in [0.05, 0.1) is 6.26 Å². The fourth-order valence-corrected chi connectivity index (χ4v) is 1.27. The van der Waals surface area contributed by atoms with Crippen molar-refractivity contribution >= 4 is 17.8 Å². The average molecular weight is 303 g/mol. The van der Waals surface area contributed by atoms with Gasteiger partial charge in [0, 0.05) is 0 Å². The van der Waals surface area contributed by atoms with Crippen LogP contribution in [-0.2, 0) is 0 Å². The van der Waals surface area contributed by atoms with Gasteiger partial charge >= 0.3 is 12.2 Å². The average Bonchev–Trinajstić information content (AvgIpc) is 3.05. The van der Waals surface area contributed by atoms with E-state index in [-0.39, 0.29) is 11.8 Å². The monoisotopic (exact) mass is 303 g/mol. The molecule has 0 aliphatic heterocycles. The first-order chi connectivity index (χ1) is 9.85. The second-order valence-corrected chi connectivity index (χ2v) is 3.77. The predicted molar refractivity (Wildman–Crippen MR) is 61.6 cm³/mol. The second kappa shape index (κ2) is 5.69. The molecule has 0 saturated heterocycles. The Balaban J connectivity index is 1.95. The van der Waals surface area contributed by atoms with Gasteiger partial charge in [-0.2, -0.15) is 18.2 Å². The molecule has 2 heterocycles. The van der Waals surface area contributed by atoms with E-state index in [1.54, 1.807) is 5.32 Å². The van der Waals surface area contributed by atoms with Crippen LogP contribution in [0, 0.1) is 0 Å². The summed E-state index contributed by atoms with van der Waals surface area (Å²) in [6.07, 6.45) is -2.43. The summed E-state index contributed by atoms with van der Waals surface area (Å²) in [5, 5.41) is 3.79. The van der Waals surface area contributed by atoms with Gasteiger partial charge in [-0.25, -0.2) is 0 Å².